The molecule has 73 heavy (non-hydrogen) atoms. The Kier molecular flexibility index (Phi) is 15.2. The Bertz CT molecular complexity index is 3280. The lowest BCUT2D eigenvalue weighted by molar-refractivity contribution is -0.745. The van der Waals surface area contributed by atoms with Crippen LogP contribution >= 0.6 is 31.3 Å². The molecule has 402 valence electrons. The van der Waals surface area contributed by atoms with E-state index < -0.39 is 142 Å². The standard InChI is InChI=1S/C31H43N13O25P4/c1-41-9-44(23-15(41)25(50)40-30(34)38-23)27-19(48)17(46)11(65-27)6-62-71(54,55)68-73(58,59)69-72(56,57)63-7-12-20(21(60-2)28(66-12)42-4-3-13(32)36-31(42)51)67-70(52,53)61-5-10-16(45)18(47)26(64-10)43-8-35-14-22(43)37-29(33)39-24(14)49/h3-4,8-12,16-21,26-28,45-48H,5-7H2,1-2H3,(H11-,32,33,34,36,37,38,39,40,49,50,51,52,53,54,55,56,57,58,59)/t10-,11-,12-,16-,17-,18-,19-,20-,21-,26-,27-,28-/m1/s1. The van der Waals surface area contributed by atoms with Crippen LogP contribution in [0.2, 0.25) is 0 Å². The molecule has 16 atom stereocenters. The number of aliphatic hydroxyl groups is 4. The SMILES string of the molecule is CO[C@@H]1[C@H](OP(=O)(O)OC[C@H]2O[C@@H](n3cnc4c(=O)[nH]c(N)nc43)[C@H](O)[C@@H]2O)[C@@H](COP(=O)(O)OP(=O)(O)OP(=O)([O-])OC[C@H]2O[C@@H]([n+]3cn(C)c4c(=O)[nH]c(N)nc43)[C@H](O)[C@@H]2O)O[C@H]1n1ccc(N)nc1=O. The zero-order chi connectivity index (χ0) is 53.3. The molecule has 5 aromatic rings. The second-order valence-corrected chi connectivity index (χ2v) is 21.9. The van der Waals surface area contributed by atoms with Gasteiger partial charge < -0.3 is 80.7 Å². The number of nitrogens with zero attached hydrogens (tertiary/aromatic N) is 8. The van der Waals surface area contributed by atoms with Crippen molar-refractivity contribution in [2.75, 3.05) is 44.1 Å². The first kappa shape index (κ1) is 54.4. The monoisotopic (exact) mass is 1120 g/mol. The lowest BCUT2D eigenvalue weighted by atomic mass is 10.1. The van der Waals surface area contributed by atoms with Gasteiger partial charge in [-0.3, -0.25) is 51.4 Å². The Balaban J connectivity index is 0.916. The molecule has 0 bridgehead atoms. The van der Waals surface area contributed by atoms with E-state index in [2.05, 4.69) is 43.0 Å². The van der Waals surface area contributed by atoms with Crippen molar-refractivity contribution >= 4 is 71.3 Å². The fraction of sp³-hybridized carbons (Fsp3) is 0.548. The summed E-state index contributed by atoms with van der Waals surface area (Å²) in [6, 6.07) is 1.13. The normalized spacial score (nSPS) is 30.9. The third-order valence-corrected chi connectivity index (χ3v) is 16.2. The lowest BCUT2D eigenvalue weighted by Gasteiger charge is -2.27. The van der Waals surface area contributed by atoms with Crippen molar-refractivity contribution in [3.05, 3.63) is 56.1 Å². The largest absolute Gasteiger partial charge is 0.756 e. The molecule has 3 aliphatic heterocycles. The number of aromatic nitrogens is 10. The molecular weight excluding hydrogens is 1080 g/mol. The van der Waals surface area contributed by atoms with Crippen LogP contribution in [0, 0.1) is 0 Å². The molecule has 0 radical (unpaired) electrons. The van der Waals surface area contributed by atoms with E-state index in [1.54, 1.807) is 0 Å². The zero-order valence-electron chi connectivity index (χ0n) is 36.9. The third kappa shape index (κ3) is 11.4. The molecule has 8 rings (SSSR count). The van der Waals surface area contributed by atoms with Crippen molar-refractivity contribution in [3.63, 3.8) is 0 Å². The number of aromatic amines is 2. The van der Waals surface area contributed by atoms with E-state index >= 15 is 0 Å². The maximum Gasteiger partial charge on any atom is 0.487 e. The van der Waals surface area contributed by atoms with E-state index in [1.807, 2.05) is 0 Å². The third-order valence-electron chi connectivity index (χ3n) is 11.0. The highest BCUT2D eigenvalue weighted by Crippen LogP contribution is 2.67. The van der Waals surface area contributed by atoms with Crippen molar-refractivity contribution < 1.29 is 108 Å². The summed E-state index contributed by atoms with van der Waals surface area (Å²) in [5, 5.41) is 43.0. The number of nitrogens with two attached hydrogens (primary N) is 3. The minimum Gasteiger partial charge on any atom is -0.756 e. The molecule has 0 aromatic carbocycles. The number of nitrogens with one attached hydrogen (secondary N) is 2. The second kappa shape index (κ2) is 20.4. The Morgan fingerprint density at radius 3 is 2.07 bits per heavy atom. The van der Waals surface area contributed by atoms with Crippen LogP contribution in [-0.2, 0) is 71.0 Å². The average molecular weight is 1120 g/mol. The number of anilines is 3. The molecule has 0 aliphatic carbocycles. The number of nitrogen functional groups attached to an aromatic ring is 3. The number of imidazole rings is 2. The number of hydrogen-bond acceptors (Lipinski definition) is 29. The van der Waals surface area contributed by atoms with Crippen LogP contribution in [0.1, 0.15) is 18.7 Å². The molecule has 0 amide bonds. The number of aryl methyl sites for hydroxylation is 1. The first-order chi connectivity index (χ1) is 34.1. The van der Waals surface area contributed by atoms with E-state index in [9.17, 15) is 72.6 Å². The van der Waals surface area contributed by atoms with Crippen LogP contribution in [-0.4, -0.2) is 161 Å². The Morgan fingerprint density at radius 1 is 0.753 bits per heavy atom. The van der Waals surface area contributed by atoms with Crippen LogP contribution < -0.4 is 43.5 Å². The van der Waals surface area contributed by atoms with Gasteiger partial charge in [-0.1, -0.05) is 4.98 Å². The number of fused-ring (bicyclic) bond motifs is 2. The smallest absolute Gasteiger partial charge is 0.487 e. The molecule has 42 heteroatoms. The van der Waals surface area contributed by atoms with Crippen molar-refractivity contribution in [3.8, 4) is 0 Å². The maximum absolute atomic E-state index is 13.5. The maximum atomic E-state index is 13.5. The van der Waals surface area contributed by atoms with E-state index in [1.165, 1.54) is 17.9 Å². The Hall–Kier alpha value is -4.82. The van der Waals surface area contributed by atoms with Crippen molar-refractivity contribution in [1.29, 1.82) is 0 Å². The predicted molar refractivity (Wildman–Crippen MR) is 230 cm³/mol. The number of H-pyrrole nitrogens is 2. The van der Waals surface area contributed by atoms with Crippen LogP contribution in [0.5, 0.6) is 0 Å². The molecule has 5 aromatic heterocycles. The highest BCUT2D eigenvalue weighted by atomic mass is 31.3. The summed E-state index contributed by atoms with van der Waals surface area (Å²) in [5.74, 6) is -0.912. The Morgan fingerprint density at radius 2 is 1.37 bits per heavy atom. The summed E-state index contributed by atoms with van der Waals surface area (Å²) in [6.07, 6.45) is -17.7. The van der Waals surface area contributed by atoms with Gasteiger partial charge in [0.05, 0.1) is 33.2 Å². The summed E-state index contributed by atoms with van der Waals surface area (Å²) in [5.41, 5.74) is 13.8. The van der Waals surface area contributed by atoms with Crippen molar-refractivity contribution in [2.45, 2.75) is 73.6 Å². The number of methoxy groups -OCH3 is 1. The van der Waals surface area contributed by atoms with E-state index in [4.69, 9.17) is 49.7 Å². The zero-order valence-corrected chi connectivity index (χ0v) is 40.5. The number of hydrogen-bond donors (Lipinski definition) is 12. The van der Waals surface area contributed by atoms with Gasteiger partial charge in [0.25, 0.3) is 24.9 Å². The minimum atomic E-state index is -6.28. The number of phosphoric ester groups is 3. The Labute approximate surface area is 403 Å². The van der Waals surface area contributed by atoms with Gasteiger partial charge in [0, 0.05) is 13.3 Å². The summed E-state index contributed by atoms with van der Waals surface area (Å²) in [7, 11) is -21.5. The summed E-state index contributed by atoms with van der Waals surface area (Å²) >= 11 is 0. The van der Waals surface area contributed by atoms with Gasteiger partial charge in [-0.2, -0.15) is 14.3 Å². The molecule has 3 aliphatic rings. The average Bonchev–Trinajstić information content (AvgIpc) is 4.07. The van der Waals surface area contributed by atoms with Crippen LogP contribution in [0.15, 0.2) is 39.3 Å². The molecule has 8 heterocycles. The first-order valence-electron chi connectivity index (χ1n) is 20.5. The lowest BCUT2D eigenvalue weighted by Crippen LogP contribution is -2.46. The second-order valence-electron chi connectivity index (χ2n) is 15.9. The highest BCUT2D eigenvalue weighted by Gasteiger charge is 2.53. The van der Waals surface area contributed by atoms with E-state index in [0.29, 0.717) is 0 Å². The van der Waals surface area contributed by atoms with Gasteiger partial charge >= 0.3 is 34.8 Å². The van der Waals surface area contributed by atoms with Crippen LogP contribution in [0.3, 0.4) is 0 Å². The van der Waals surface area contributed by atoms with E-state index in [0.717, 1.165) is 39.4 Å². The minimum absolute atomic E-state index is 0.0408. The fourth-order valence-corrected chi connectivity index (χ4v) is 12.3. The molecule has 3 saturated heterocycles. The quantitative estimate of drug-likeness (QED) is 0.0271. The number of phosphoric acid groups is 4. The van der Waals surface area contributed by atoms with Crippen LogP contribution in [0.25, 0.3) is 22.3 Å². The molecule has 15 N–H and O–H groups in total. The number of rotatable bonds is 19. The molecule has 4 unspecified atom stereocenters. The van der Waals surface area contributed by atoms with Crippen molar-refractivity contribution in [2.24, 2.45) is 7.05 Å². The highest BCUT2D eigenvalue weighted by molar-refractivity contribution is 7.66. The number of ether oxygens (including phenoxy) is 4. The van der Waals surface area contributed by atoms with E-state index in [-0.39, 0.29) is 40.0 Å². The number of aliphatic hydroxyl groups excluding tert-OH is 4. The van der Waals surface area contributed by atoms with Gasteiger partial charge in [-0.15, -0.1) is 0 Å². The molecular formula is C31H43N13O25P4. The molecule has 0 saturated carbocycles. The first-order valence-corrected chi connectivity index (χ1v) is 26.4. The van der Waals surface area contributed by atoms with Gasteiger partial charge in [-0.05, 0) is 6.07 Å². The van der Waals surface area contributed by atoms with Gasteiger partial charge in [-0.25, -0.2) is 32.4 Å². The molecule has 3 fully saturated rings. The van der Waals surface area contributed by atoms with Gasteiger partial charge in [0.1, 0.15) is 60.8 Å². The molecule has 38 nitrogen and oxygen atoms in total. The fourth-order valence-electron chi connectivity index (χ4n) is 7.84. The topological polar surface area (TPSA) is 556 Å². The van der Waals surface area contributed by atoms with Crippen LogP contribution in [0.4, 0.5) is 17.7 Å². The summed E-state index contributed by atoms with van der Waals surface area (Å²) < 4.78 is 106. The summed E-state index contributed by atoms with van der Waals surface area (Å²) in [4.78, 5) is 102. The predicted octanol–water partition coefficient (Wildman–Crippen LogP) is -5.93. The van der Waals surface area contributed by atoms with Crippen molar-refractivity contribution in [1.82, 2.24) is 43.6 Å². The summed E-state index contributed by atoms with van der Waals surface area (Å²) in [6.45, 7) is -3.59. The van der Waals surface area contributed by atoms with Gasteiger partial charge in [0.2, 0.25) is 17.7 Å². The molecule has 0 spiro atoms. The van der Waals surface area contributed by atoms with Gasteiger partial charge in [0.15, 0.2) is 29.9 Å².